The number of carbonyl (C=O) groups is 1. The van der Waals surface area contributed by atoms with Crippen molar-refractivity contribution in [3.8, 4) is 0 Å². The quantitative estimate of drug-likeness (QED) is 0.795. The van der Waals surface area contributed by atoms with Crippen molar-refractivity contribution >= 4 is 11.8 Å². The molecule has 1 rings (SSSR count). The molecule has 0 amide bonds. The number of nitrogens with one attached hydrogen (secondary N) is 1. The summed E-state index contributed by atoms with van der Waals surface area (Å²) in [5, 5.41) is 12.1. The molecule has 0 atom stereocenters. The number of hydrogen-bond acceptors (Lipinski definition) is 4. The van der Waals surface area contributed by atoms with Crippen molar-refractivity contribution in [2.75, 3.05) is 5.32 Å². The third-order valence-electron chi connectivity index (χ3n) is 3.29. The summed E-state index contributed by atoms with van der Waals surface area (Å²) in [4.78, 5) is 18.6. The second kappa shape index (κ2) is 5.61. The lowest BCUT2D eigenvalue weighted by Crippen LogP contribution is -2.36. The van der Waals surface area contributed by atoms with Gasteiger partial charge in [0.1, 0.15) is 5.82 Å². The molecule has 5 heteroatoms. The van der Waals surface area contributed by atoms with E-state index in [1.54, 1.807) is 0 Å². The number of aromatic nitrogens is 2. The third-order valence-corrected chi connectivity index (χ3v) is 3.29. The highest BCUT2D eigenvalue weighted by Crippen LogP contribution is 2.24. The van der Waals surface area contributed by atoms with Crippen molar-refractivity contribution in [3.63, 3.8) is 0 Å². The molecule has 0 saturated heterocycles. The molecule has 0 bridgehead atoms. The Morgan fingerprint density at radius 3 is 2.18 bits per heavy atom. The molecular formula is C12H19N3O2. The molecule has 0 saturated carbocycles. The summed E-state index contributed by atoms with van der Waals surface area (Å²) in [7, 11) is 0. The van der Waals surface area contributed by atoms with Crippen LogP contribution < -0.4 is 5.32 Å². The van der Waals surface area contributed by atoms with Gasteiger partial charge in [0, 0.05) is 5.54 Å². The predicted octanol–water partition coefficient (Wildman–Crippen LogP) is 2.56. The van der Waals surface area contributed by atoms with Gasteiger partial charge in [0.25, 0.3) is 0 Å². The Bertz CT molecular complexity index is 364. The van der Waals surface area contributed by atoms with Crippen LogP contribution in [0.5, 0.6) is 0 Å². The van der Waals surface area contributed by atoms with Gasteiger partial charge in [-0.25, -0.2) is 14.8 Å². The number of aromatic carboxylic acids is 1. The van der Waals surface area contributed by atoms with Crippen LogP contribution in [-0.2, 0) is 0 Å². The summed E-state index contributed by atoms with van der Waals surface area (Å²) in [6.45, 7) is 6.37. The molecule has 0 unspecified atom stereocenters. The highest BCUT2D eigenvalue weighted by atomic mass is 16.4. The first kappa shape index (κ1) is 13.4. The monoisotopic (exact) mass is 237 g/mol. The van der Waals surface area contributed by atoms with E-state index >= 15 is 0 Å². The zero-order valence-electron chi connectivity index (χ0n) is 10.5. The van der Waals surface area contributed by atoms with Crippen molar-refractivity contribution < 1.29 is 9.90 Å². The lowest BCUT2D eigenvalue weighted by Gasteiger charge is -2.32. The number of anilines is 1. The van der Waals surface area contributed by atoms with E-state index in [-0.39, 0.29) is 11.2 Å². The van der Waals surface area contributed by atoms with Gasteiger partial charge in [0.05, 0.1) is 12.4 Å². The van der Waals surface area contributed by atoms with E-state index in [0.29, 0.717) is 5.82 Å². The van der Waals surface area contributed by atoms with Crippen LogP contribution in [0, 0.1) is 0 Å². The maximum atomic E-state index is 10.6. The molecule has 5 nitrogen and oxygen atoms in total. The van der Waals surface area contributed by atoms with Gasteiger partial charge in [-0.2, -0.15) is 0 Å². The molecule has 94 valence electrons. The molecule has 0 aliphatic carbocycles. The summed E-state index contributed by atoms with van der Waals surface area (Å²) in [6.07, 6.45) is 5.71. The van der Waals surface area contributed by atoms with Crippen molar-refractivity contribution in [2.45, 2.75) is 45.6 Å². The molecule has 0 aromatic carbocycles. The fraction of sp³-hybridized carbons (Fsp3) is 0.583. The van der Waals surface area contributed by atoms with E-state index in [0.717, 1.165) is 19.3 Å². The molecule has 17 heavy (non-hydrogen) atoms. The Morgan fingerprint density at radius 1 is 1.24 bits per heavy atom. The van der Waals surface area contributed by atoms with E-state index < -0.39 is 5.97 Å². The van der Waals surface area contributed by atoms with Gasteiger partial charge >= 0.3 is 5.97 Å². The molecule has 0 fully saturated rings. The molecule has 0 aliphatic rings. The fourth-order valence-electron chi connectivity index (χ4n) is 1.79. The normalized spacial score (nSPS) is 11.2. The number of carboxylic acids is 1. The molecule has 0 radical (unpaired) electrons. The van der Waals surface area contributed by atoms with Crippen molar-refractivity contribution in [2.24, 2.45) is 0 Å². The molecule has 0 aliphatic heterocycles. The van der Waals surface area contributed by atoms with Crippen LogP contribution in [0.25, 0.3) is 0 Å². The number of carboxylic acid groups (broad SMARTS) is 1. The van der Waals surface area contributed by atoms with Crippen LogP contribution in [0.1, 0.15) is 50.5 Å². The van der Waals surface area contributed by atoms with E-state index in [1.807, 2.05) is 0 Å². The summed E-state index contributed by atoms with van der Waals surface area (Å²) in [5.41, 5.74) is -0.0231. The van der Waals surface area contributed by atoms with Crippen LogP contribution in [0.4, 0.5) is 5.82 Å². The SMILES string of the molecule is CCC(CC)(CC)Nc1cnc(C(=O)O)cn1. The van der Waals surface area contributed by atoms with Gasteiger partial charge in [0.15, 0.2) is 5.69 Å². The molecule has 1 heterocycles. The molecule has 0 spiro atoms. The Hall–Kier alpha value is -1.65. The van der Waals surface area contributed by atoms with Gasteiger partial charge in [-0.15, -0.1) is 0 Å². The first-order chi connectivity index (χ1) is 8.06. The minimum atomic E-state index is -1.06. The summed E-state index contributed by atoms with van der Waals surface area (Å²) in [5.74, 6) is -0.433. The van der Waals surface area contributed by atoms with Crippen LogP contribution in [0.3, 0.4) is 0 Å². The topological polar surface area (TPSA) is 75.1 Å². The zero-order valence-corrected chi connectivity index (χ0v) is 10.5. The first-order valence-electron chi connectivity index (χ1n) is 5.90. The summed E-state index contributed by atoms with van der Waals surface area (Å²) >= 11 is 0. The highest BCUT2D eigenvalue weighted by Gasteiger charge is 2.23. The molecular weight excluding hydrogens is 218 g/mol. The van der Waals surface area contributed by atoms with Crippen molar-refractivity contribution in [1.82, 2.24) is 9.97 Å². The van der Waals surface area contributed by atoms with Gasteiger partial charge in [-0.05, 0) is 19.3 Å². The van der Waals surface area contributed by atoms with E-state index in [9.17, 15) is 4.79 Å². The van der Waals surface area contributed by atoms with Crippen LogP contribution >= 0.6 is 0 Å². The van der Waals surface area contributed by atoms with Crippen molar-refractivity contribution in [1.29, 1.82) is 0 Å². The second-order valence-electron chi connectivity index (χ2n) is 4.06. The molecule has 1 aromatic rings. The number of hydrogen-bond donors (Lipinski definition) is 2. The summed E-state index contributed by atoms with van der Waals surface area (Å²) in [6, 6.07) is 0. The standard InChI is InChI=1S/C12H19N3O2/c1-4-12(5-2,6-3)15-10-8-13-9(7-14-10)11(16)17/h7-8H,4-6H2,1-3H3,(H,14,15)(H,16,17). The van der Waals surface area contributed by atoms with E-state index in [4.69, 9.17) is 5.11 Å². The van der Waals surface area contributed by atoms with Gasteiger partial charge in [0.2, 0.25) is 0 Å². The summed E-state index contributed by atoms with van der Waals surface area (Å²) < 4.78 is 0. The smallest absolute Gasteiger partial charge is 0.356 e. The maximum Gasteiger partial charge on any atom is 0.356 e. The van der Waals surface area contributed by atoms with Gasteiger partial charge < -0.3 is 10.4 Å². The highest BCUT2D eigenvalue weighted by molar-refractivity contribution is 5.84. The van der Waals surface area contributed by atoms with Gasteiger partial charge in [-0.3, -0.25) is 0 Å². The third kappa shape index (κ3) is 3.15. The number of rotatable bonds is 6. The van der Waals surface area contributed by atoms with Crippen LogP contribution in [0.2, 0.25) is 0 Å². The Labute approximate surface area is 101 Å². The zero-order chi connectivity index (χ0) is 12.9. The van der Waals surface area contributed by atoms with E-state index in [1.165, 1.54) is 12.4 Å². The minimum Gasteiger partial charge on any atom is -0.476 e. The number of nitrogens with zero attached hydrogens (tertiary/aromatic N) is 2. The Balaban J connectivity index is 2.84. The fourth-order valence-corrected chi connectivity index (χ4v) is 1.79. The van der Waals surface area contributed by atoms with E-state index in [2.05, 4.69) is 36.1 Å². The Kier molecular flexibility index (Phi) is 4.43. The largest absolute Gasteiger partial charge is 0.476 e. The maximum absolute atomic E-state index is 10.6. The predicted molar refractivity (Wildman–Crippen MR) is 66.2 cm³/mol. The Morgan fingerprint density at radius 2 is 1.82 bits per heavy atom. The average Bonchev–Trinajstić information content (AvgIpc) is 2.37. The van der Waals surface area contributed by atoms with Gasteiger partial charge in [-0.1, -0.05) is 20.8 Å². The van der Waals surface area contributed by atoms with Crippen LogP contribution in [0.15, 0.2) is 12.4 Å². The lowest BCUT2D eigenvalue weighted by atomic mass is 9.90. The minimum absolute atomic E-state index is 0.0133. The second-order valence-corrected chi connectivity index (χ2v) is 4.06. The average molecular weight is 237 g/mol. The lowest BCUT2D eigenvalue weighted by molar-refractivity contribution is 0.0690. The first-order valence-corrected chi connectivity index (χ1v) is 5.90. The van der Waals surface area contributed by atoms with Crippen molar-refractivity contribution in [3.05, 3.63) is 18.1 Å². The molecule has 1 aromatic heterocycles. The van der Waals surface area contributed by atoms with Crippen LogP contribution in [-0.4, -0.2) is 26.6 Å². The molecule has 2 N–H and O–H groups in total.